The fraction of sp³-hybridized carbons (Fsp3) is 0.167. The highest BCUT2D eigenvalue weighted by Crippen LogP contribution is 2.35. The van der Waals surface area contributed by atoms with Crippen molar-refractivity contribution in [2.45, 2.75) is 13.0 Å². The molecule has 0 amide bonds. The highest BCUT2D eigenvalue weighted by Gasteiger charge is 2.17. The van der Waals surface area contributed by atoms with Gasteiger partial charge in [-0.05, 0) is 36.1 Å². The van der Waals surface area contributed by atoms with Gasteiger partial charge in [-0.15, -0.1) is 11.3 Å². The van der Waals surface area contributed by atoms with E-state index in [-0.39, 0.29) is 0 Å². The second-order valence-electron chi connectivity index (χ2n) is 3.53. The number of halogens is 2. The third-order valence-electron chi connectivity index (χ3n) is 2.34. The van der Waals surface area contributed by atoms with Crippen LogP contribution in [0.25, 0.3) is 0 Å². The van der Waals surface area contributed by atoms with Gasteiger partial charge in [0.15, 0.2) is 0 Å². The predicted octanol–water partition coefficient (Wildman–Crippen LogP) is 4.45. The number of hydrogen-bond acceptors (Lipinski definition) is 2. The van der Waals surface area contributed by atoms with Crippen LogP contribution in [-0.4, -0.2) is 5.11 Å². The van der Waals surface area contributed by atoms with Gasteiger partial charge in [0.05, 0.1) is 0 Å². The number of aryl methyl sites for hydroxylation is 1. The normalized spacial score (nSPS) is 12.8. The quantitative estimate of drug-likeness (QED) is 0.857. The highest BCUT2D eigenvalue weighted by molar-refractivity contribution is 7.10. The minimum absolute atomic E-state index is 0.490. The van der Waals surface area contributed by atoms with Crippen LogP contribution in [0.4, 0.5) is 0 Å². The van der Waals surface area contributed by atoms with Gasteiger partial charge in [-0.25, -0.2) is 0 Å². The van der Waals surface area contributed by atoms with Gasteiger partial charge in [-0.2, -0.15) is 0 Å². The van der Waals surface area contributed by atoms with Crippen molar-refractivity contribution in [2.75, 3.05) is 0 Å². The van der Waals surface area contributed by atoms with Crippen LogP contribution in [0.5, 0.6) is 0 Å². The van der Waals surface area contributed by atoms with Gasteiger partial charge >= 0.3 is 0 Å². The van der Waals surface area contributed by atoms with E-state index in [0.717, 1.165) is 10.4 Å². The van der Waals surface area contributed by atoms with Crippen molar-refractivity contribution < 1.29 is 5.11 Å². The largest absolute Gasteiger partial charge is 0.384 e. The van der Waals surface area contributed by atoms with Gasteiger partial charge in [0, 0.05) is 20.5 Å². The second kappa shape index (κ2) is 4.76. The summed E-state index contributed by atoms with van der Waals surface area (Å²) >= 11 is 13.7. The van der Waals surface area contributed by atoms with Crippen LogP contribution in [-0.2, 0) is 0 Å². The summed E-state index contributed by atoms with van der Waals surface area (Å²) in [5, 5.41) is 13.1. The molecule has 0 aliphatic heterocycles. The van der Waals surface area contributed by atoms with E-state index in [1.807, 2.05) is 18.4 Å². The van der Waals surface area contributed by atoms with Gasteiger partial charge < -0.3 is 5.11 Å². The molecule has 1 nitrogen and oxygen atoms in total. The van der Waals surface area contributed by atoms with Crippen molar-refractivity contribution >= 4 is 34.5 Å². The Labute approximate surface area is 108 Å². The van der Waals surface area contributed by atoms with Crippen LogP contribution in [0.15, 0.2) is 29.6 Å². The molecule has 4 heteroatoms. The molecule has 1 aromatic heterocycles. The van der Waals surface area contributed by atoms with E-state index >= 15 is 0 Å². The Morgan fingerprint density at radius 2 is 1.88 bits per heavy atom. The minimum atomic E-state index is -0.758. The molecule has 84 valence electrons. The molecule has 0 fully saturated rings. The van der Waals surface area contributed by atoms with Gasteiger partial charge in [0.25, 0.3) is 0 Å². The summed E-state index contributed by atoms with van der Waals surface area (Å²) in [6.45, 7) is 2.00. The molecule has 2 aromatic rings. The average molecular weight is 273 g/mol. The molecule has 1 heterocycles. The fourth-order valence-electron chi connectivity index (χ4n) is 1.55. The number of aliphatic hydroxyl groups is 1. The van der Waals surface area contributed by atoms with Crippen LogP contribution in [0.2, 0.25) is 10.0 Å². The summed E-state index contributed by atoms with van der Waals surface area (Å²) in [6.07, 6.45) is -0.758. The zero-order chi connectivity index (χ0) is 11.7. The van der Waals surface area contributed by atoms with E-state index in [4.69, 9.17) is 23.2 Å². The smallest absolute Gasteiger partial charge is 0.108 e. The van der Waals surface area contributed by atoms with Gasteiger partial charge in [0.2, 0.25) is 0 Å². The molecule has 0 bridgehead atoms. The van der Waals surface area contributed by atoms with Crippen molar-refractivity contribution in [1.82, 2.24) is 0 Å². The molecule has 2 rings (SSSR count). The average Bonchev–Trinajstić information content (AvgIpc) is 2.64. The van der Waals surface area contributed by atoms with Crippen LogP contribution in [0.1, 0.15) is 22.1 Å². The zero-order valence-electron chi connectivity index (χ0n) is 8.58. The lowest BCUT2D eigenvalue weighted by molar-refractivity contribution is 0.221. The summed E-state index contributed by atoms with van der Waals surface area (Å²) in [7, 11) is 0. The molecule has 0 aliphatic rings. The number of hydrogen-bond donors (Lipinski definition) is 1. The van der Waals surface area contributed by atoms with Gasteiger partial charge in [-0.1, -0.05) is 29.3 Å². The van der Waals surface area contributed by atoms with Gasteiger partial charge in [0.1, 0.15) is 6.10 Å². The maximum atomic E-state index is 10.2. The Morgan fingerprint density at radius 1 is 1.25 bits per heavy atom. The van der Waals surface area contributed by atoms with Crippen molar-refractivity contribution in [3.63, 3.8) is 0 Å². The monoisotopic (exact) mass is 272 g/mol. The SMILES string of the molecule is Cc1cc(C(O)c2c(Cl)cccc2Cl)cs1. The molecule has 0 radical (unpaired) electrons. The number of benzene rings is 1. The number of aliphatic hydroxyl groups excluding tert-OH is 1. The molecular weight excluding hydrogens is 263 g/mol. The lowest BCUT2D eigenvalue weighted by Crippen LogP contribution is -1.99. The Bertz CT molecular complexity index is 487. The molecule has 1 unspecified atom stereocenters. The lowest BCUT2D eigenvalue weighted by atomic mass is 10.0. The summed E-state index contributed by atoms with van der Waals surface area (Å²) in [5.41, 5.74) is 1.40. The predicted molar refractivity (Wildman–Crippen MR) is 69.6 cm³/mol. The molecule has 0 spiro atoms. The molecule has 16 heavy (non-hydrogen) atoms. The van der Waals surface area contributed by atoms with E-state index in [2.05, 4.69) is 0 Å². The van der Waals surface area contributed by atoms with Crippen molar-refractivity contribution in [1.29, 1.82) is 0 Å². The van der Waals surface area contributed by atoms with E-state index in [1.54, 1.807) is 29.5 Å². The lowest BCUT2D eigenvalue weighted by Gasteiger charge is -2.13. The first-order valence-electron chi connectivity index (χ1n) is 4.76. The maximum absolute atomic E-state index is 10.2. The van der Waals surface area contributed by atoms with Crippen LogP contribution in [0, 0.1) is 6.92 Å². The van der Waals surface area contributed by atoms with Crippen LogP contribution in [0.3, 0.4) is 0 Å². The second-order valence-corrected chi connectivity index (χ2v) is 5.46. The first-order valence-corrected chi connectivity index (χ1v) is 6.40. The molecule has 0 aliphatic carbocycles. The number of thiophene rings is 1. The minimum Gasteiger partial charge on any atom is -0.384 e. The Kier molecular flexibility index (Phi) is 3.55. The highest BCUT2D eigenvalue weighted by atomic mass is 35.5. The van der Waals surface area contributed by atoms with Gasteiger partial charge in [-0.3, -0.25) is 0 Å². The van der Waals surface area contributed by atoms with Crippen LogP contribution >= 0.6 is 34.5 Å². The Hall–Kier alpha value is -0.540. The van der Waals surface area contributed by atoms with Crippen molar-refractivity contribution in [2.24, 2.45) is 0 Å². The first-order chi connectivity index (χ1) is 7.59. The standard InChI is InChI=1S/C12H10Cl2OS/c1-7-5-8(6-16-7)12(15)11-9(13)3-2-4-10(11)14/h2-6,12,15H,1H3. The topological polar surface area (TPSA) is 20.2 Å². The van der Waals surface area contributed by atoms with Crippen LogP contribution < -0.4 is 0 Å². The van der Waals surface area contributed by atoms with E-state index in [9.17, 15) is 5.11 Å². The molecule has 1 aromatic carbocycles. The third-order valence-corrected chi connectivity index (χ3v) is 3.88. The first kappa shape index (κ1) is 11.9. The molecule has 1 atom stereocenters. The summed E-state index contributed by atoms with van der Waals surface area (Å²) < 4.78 is 0. The molecule has 0 saturated heterocycles. The van der Waals surface area contributed by atoms with Crippen molar-refractivity contribution in [3.8, 4) is 0 Å². The molecule has 1 N–H and O–H groups in total. The fourth-order valence-corrected chi connectivity index (χ4v) is 2.87. The maximum Gasteiger partial charge on any atom is 0.108 e. The Balaban J connectivity index is 2.45. The van der Waals surface area contributed by atoms with E-state index in [0.29, 0.717) is 15.6 Å². The van der Waals surface area contributed by atoms with E-state index < -0.39 is 6.10 Å². The van der Waals surface area contributed by atoms with E-state index in [1.165, 1.54) is 0 Å². The van der Waals surface area contributed by atoms with Crippen molar-refractivity contribution in [3.05, 3.63) is 55.7 Å². The summed E-state index contributed by atoms with van der Waals surface area (Å²) in [4.78, 5) is 1.15. The molecule has 0 saturated carbocycles. The summed E-state index contributed by atoms with van der Waals surface area (Å²) in [6, 6.07) is 7.16. The third kappa shape index (κ3) is 2.25. The summed E-state index contributed by atoms with van der Waals surface area (Å²) in [5.74, 6) is 0. The zero-order valence-corrected chi connectivity index (χ0v) is 10.9. The Morgan fingerprint density at radius 3 is 2.38 bits per heavy atom. The number of rotatable bonds is 2. The molecular formula is C12H10Cl2OS.